The van der Waals surface area contributed by atoms with Crippen molar-refractivity contribution < 1.29 is 14.1 Å². The lowest BCUT2D eigenvalue weighted by atomic mass is 9.78. The van der Waals surface area contributed by atoms with E-state index in [0.29, 0.717) is 11.5 Å². The number of furan rings is 1. The number of hydrogen-bond donors (Lipinski definition) is 1. The first-order chi connectivity index (χ1) is 17.6. The van der Waals surface area contributed by atoms with Gasteiger partial charge in [0.2, 0.25) is 0 Å². The van der Waals surface area contributed by atoms with Crippen molar-refractivity contribution in [2.45, 2.75) is 11.8 Å². The third-order valence-electron chi connectivity index (χ3n) is 6.50. The van der Waals surface area contributed by atoms with Crippen molar-refractivity contribution in [3.8, 4) is 11.3 Å². The first-order valence-electron chi connectivity index (χ1n) is 11.6. The number of hydrogen-bond acceptors (Lipinski definition) is 5. The maximum absolute atomic E-state index is 11.0. The van der Waals surface area contributed by atoms with Crippen LogP contribution in [0.15, 0.2) is 126 Å². The third kappa shape index (κ3) is 3.65. The molecule has 1 aliphatic heterocycles. The van der Waals surface area contributed by atoms with Gasteiger partial charge in [-0.3, -0.25) is 10.1 Å². The fraction of sp³-hybridized carbons (Fsp3) is 0.0667. The number of anilines is 1. The van der Waals surface area contributed by atoms with Crippen LogP contribution in [0.5, 0.6) is 0 Å². The van der Waals surface area contributed by atoms with E-state index in [1.807, 2.05) is 66.7 Å². The summed E-state index contributed by atoms with van der Waals surface area (Å²) in [6.45, 7) is 0. The Morgan fingerprint density at radius 1 is 0.722 bits per heavy atom. The van der Waals surface area contributed by atoms with Gasteiger partial charge in [0.05, 0.1) is 4.92 Å². The number of non-ortho nitro benzene ring substituents is 1. The molecule has 1 aliphatic rings. The molecule has 4 aromatic carbocycles. The SMILES string of the molecule is O=[N+]([O-])c1ccc(-c2ccc([C@@H]3Nc4ccccc4C(c4ccccc4)(c4ccccc4)O3)o2)cc1. The molecule has 1 atom stereocenters. The number of ether oxygens (including phenoxy) is 1. The third-order valence-corrected chi connectivity index (χ3v) is 6.50. The summed E-state index contributed by atoms with van der Waals surface area (Å²) in [6, 6.07) is 38.6. The van der Waals surface area contributed by atoms with E-state index in [-0.39, 0.29) is 5.69 Å². The Morgan fingerprint density at radius 3 is 1.97 bits per heavy atom. The average Bonchev–Trinajstić information content (AvgIpc) is 3.44. The summed E-state index contributed by atoms with van der Waals surface area (Å²) in [4.78, 5) is 10.6. The Morgan fingerprint density at radius 2 is 1.33 bits per heavy atom. The Labute approximate surface area is 207 Å². The minimum absolute atomic E-state index is 0.0370. The van der Waals surface area contributed by atoms with Gasteiger partial charge in [0.25, 0.3) is 5.69 Å². The summed E-state index contributed by atoms with van der Waals surface area (Å²) in [5.41, 5.74) is 3.91. The van der Waals surface area contributed by atoms with Gasteiger partial charge in [-0.2, -0.15) is 0 Å². The van der Waals surface area contributed by atoms with Crippen molar-refractivity contribution in [3.05, 3.63) is 154 Å². The van der Waals surface area contributed by atoms with Gasteiger partial charge in [-0.1, -0.05) is 78.9 Å². The average molecular weight is 475 g/mol. The quantitative estimate of drug-likeness (QED) is 0.214. The second kappa shape index (κ2) is 8.83. The lowest BCUT2D eigenvalue weighted by molar-refractivity contribution is -0.384. The van der Waals surface area contributed by atoms with Crippen LogP contribution < -0.4 is 5.32 Å². The van der Waals surface area contributed by atoms with Crippen LogP contribution in [0.2, 0.25) is 0 Å². The molecule has 176 valence electrons. The van der Waals surface area contributed by atoms with Crippen LogP contribution in [0.3, 0.4) is 0 Å². The van der Waals surface area contributed by atoms with Crippen molar-refractivity contribution in [2.24, 2.45) is 0 Å². The van der Waals surface area contributed by atoms with Gasteiger partial charge in [0.1, 0.15) is 11.4 Å². The van der Waals surface area contributed by atoms with Crippen LogP contribution >= 0.6 is 0 Å². The molecule has 0 saturated carbocycles. The highest BCUT2D eigenvalue weighted by Crippen LogP contribution is 2.50. The highest BCUT2D eigenvalue weighted by molar-refractivity contribution is 5.64. The molecule has 0 aliphatic carbocycles. The lowest BCUT2D eigenvalue weighted by Gasteiger charge is -2.43. The van der Waals surface area contributed by atoms with Gasteiger partial charge in [-0.05, 0) is 41.5 Å². The second-order valence-corrected chi connectivity index (χ2v) is 8.61. The van der Waals surface area contributed by atoms with Crippen molar-refractivity contribution >= 4 is 11.4 Å². The highest BCUT2D eigenvalue weighted by atomic mass is 16.6. The van der Waals surface area contributed by atoms with Crippen molar-refractivity contribution in [2.75, 3.05) is 5.32 Å². The summed E-state index contributed by atoms with van der Waals surface area (Å²) in [7, 11) is 0. The normalized spacial score (nSPS) is 16.1. The van der Waals surface area contributed by atoms with Gasteiger partial charge in [-0.25, -0.2) is 0 Å². The van der Waals surface area contributed by atoms with Gasteiger partial charge in [0.15, 0.2) is 12.0 Å². The Kier molecular flexibility index (Phi) is 5.36. The molecule has 5 aromatic rings. The topological polar surface area (TPSA) is 77.5 Å². The molecule has 0 unspecified atom stereocenters. The van der Waals surface area contributed by atoms with E-state index in [1.165, 1.54) is 12.1 Å². The molecule has 0 saturated heterocycles. The second-order valence-electron chi connectivity index (χ2n) is 8.61. The molecule has 0 amide bonds. The number of nitrogens with one attached hydrogen (secondary N) is 1. The van der Waals surface area contributed by atoms with E-state index in [0.717, 1.165) is 27.9 Å². The molecule has 0 spiro atoms. The molecular weight excluding hydrogens is 452 g/mol. The van der Waals surface area contributed by atoms with E-state index in [2.05, 4.69) is 35.6 Å². The molecule has 6 heteroatoms. The molecule has 1 N–H and O–H groups in total. The maximum atomic E-state index is 11.0. The number of nitro groups is 1. The van der Waals surface area contributed by atoms with E-state index in [9.17, 15) is 10.1 Å². The minimum Gasteiger partial charge on any atom is -0.456 e. The molecule has 0 bridgehead atoms. The van der Waals surface area contributed by atoms with Crippen LogP contribution in [0.25, 0.3) is 11.3 Å². The van der Waals surface area contributed by atoms with Crippen LogP contribution in [-0.2, 0) is 10.3 Å². The fourth-order valence-electron chi connectivity index (χ4n) is 4.81. The van der Waals surface area contributed by atoms with Crippen LogP contribution in [0.4, 0.5) is 11.4 Å². The zero-order chi connectivity index (χ0) is 24.5. The number of nitro benzene ring substituents is 1. The highest BCUT2D eigenvalue weighted by Gasteiger charge is 2.45. The predicted octanol–water partition coefficient (Wildman–Crippen LogP) is 7.29. The minimum atomic E-state index is -0.866. The smallest absolute Gasteiger partial charge is 0.269 e. The molecular formula is C30H22N2O4. The first kappa shape index (κ1) is 21.8. The number of nitrogens with zero attached hydrogens (tertiary/aromatic N) is 1. The van der Waals surface area contributed by atoms with Gasteiger partial charge < -0.3 is 14.5 Å². The Balaban J connectivity index is 1.46. The molecule has 36 heavy (non-hydrogen) atoms. The van der Waals surface area contributed by atoms with E-state index in [4.69, 9.17) is 9.15 Å². The van der Waals surface area contributed by atoms with E-state index in [1.54, 1.807) is 12.1 Å². The van der Waals surface area contributed by atoms with Crippen molar-refractivity contribution in [1.29, 1.82) is 0 Å². The summed E-state index contributed by atoms with van der Waals surface area (Å²) in [5.74, 6) is 1.21. The molecule has 1 aromatic heterocycles. The number of para-hydroxylation sites is 1. The van der Waals surface area contributed by atoms with Gasteiger partial charge in [-0.15, -0.1) is 0 Å². The lowest BCUT2D eigenvalue weighted by Crippen LogP contribution is -2.40. The molecule has 6 nitrogen and oxygen atoms in total. The first-order valence-corrected chi connectivity index (χ1v) is 11.6. The van der Waals surface area contributed by atoms with E-state index >= 15 is 0 Å². The zero-order valence-electron chi connectivity index (χ0n) is 19.2. The number of rotatable bonds is 5. The molecule has 0 fully saturated rings. The van der Waals surface area contributed by atoms with Gasteiger partial charge >= 0.3 is 0 Å². The molecule has 0 radical (unpaired) electrons. The van der Waals surface area contributed by atoms with Crippen LogP contribution in [0, 0.1) is 10.1 Å². The summed E-state index contributed by atoms with van der Waals surface area (Å²) >= 11 is 0. The standard InChI is InChI=1S/C30H22N2O4/c33-32(34)24-17-15-21(16-18-24)27-19-20-28(35-27)29-31-26-14-8-7-13-25(26)30(36-29,22-9-3-1-4-10-22)23-11-5-2-6-12-23/h1-20,29,31H/t29-/m1/s1. The maximum Gasteiger partial charge on any atom is 0.269 e. The summed E-state index contributed by atoms with van der Waals surface area (Å²) in [6.07, 6.45) is -0.577. The monoisotopic (exact) mass is 474 g/mol. The fourth-order valence-corrected chi connectivity index (χ4v) is 4.81. The summed E-state index contributed by atoms with van der Waals surface area (Å²) in [5, 5.41) is 14.5. The summed E-state index contributed by atoms with van der Waals surface area (Å²) < 4.78 is 13.2. The zero-order valence-corrected chi connectivity index (χ0v) is 19.2. The Hall–Kier alpha value is -4.68. The predicted molar refractivity (Wildman–Crippen MR) is 137 cm³/mol. The van der Waals surface area contributed by atoms with Gasteiger partial charge in [0, 0.05) is 28.9 Å². The van der Waals surface area contributed by atoms with E-state index < -0.39 is 16.8 Å². The van der Waals surface area contributed by atoms with Crippen LogP contribution in [-0.4, -0.2) is 4.92 Å². The number of fused-ring (bicyclic) bond motifs is 1. The molecule has 6 rings (SSSR count). The van der Waals surface area contributed by atoms with Crippen molar-refractivity contribution in [3.63, 3.8) is 0 Å². The number of benzene rings is 4. The Bertz CT molecular complexity index is 1470. The largest absolute Gasteiger partial charge is 0.456 e. The van der Waals surface area contributed by atoms with Crippen molar-refractivity contribution in [1.82, 2.24) is 0 Å². The van der Waals surface area contributed by atoms with Crippen LogP contribution in [0.1, 0.15) is 28.7 Å². The molecule has 2 heterocycles.